The minimum Gasteiger partial charge on any atom is -0.507 e. The molecule has 47 heavy (non-hydrogen) atoms. The molecule has 6 N–H and O–H groups in total. The molecule has 0 unspecified atom stereocenters. The lowest BCUT2D eigenvalue weighted by atomic mass is 10.0. The maximum atomic E-state index is 11.1. The summed E-state index contributed by atoms with van der Waals surface area (Å²) in [6, 6.07) is 18.2. The van der Waals surface area contributed by atoms with E-state index in [2.05, 4.69) is 20.0 Å². The van der Waals surface area contributed by atoms with Crippen LogP contribution in [0.25, 0.3) is 0 Å². The average molecular weight is 637 g/mol. The predicted molar refractivity (Wildman–Crippen MR) is 179 cm³/mol. The van der Waals surface area contributed by atoms with E-state index in [1.54, 1.807) is 48.8 Å². The summed E-state index contributed by atoms with van der Waals surface area (Å²) in [7, 11) is 0. The predicted octanol–water partition coefficient (Wildman–Crippen LogP) is 4.57. The van der Waals surface area contributed by atoms with E-state index in [9.17, 15) is 30.0 Å². The molecule has 0 aliphatic carbocycles. The van der Waals surface area contributed by atoms with Crippen LogP contribution in [0.3, 0.4) is 0 Å². The Balaban J connectivity index is 1.31. The van der Waals surface area contributed by atoms with Gasteiger partial charge in [-0.1, -0.05) is 12.1 Å². The number of hydrogen-bond acceptors (Lipinski definition) is 10. The van der Waals surface area contributed by atoms with Gasteiger partial charge in [-0.25, -0.2) is 9.59 Å². The lowest BCUT2D eigenvalue weighted by Gasteiger charge is -2.07. The van der Waals surface area contributed by atoms with Crippen molar-refractivity contribution in [3.8, 4) is 23.0 Å². The molecular formula is C35H32N4O8. The quantitative estimate of drug-likeness (QED) is 0.0852. The zero-order valence-electron chi connectivity index (χ0n) is 25.1. The Morgan fingerprint density at radius 2 is 0.766 bits per heavy atom. The van der Waals surface area contributed by atoms with E-state index in [-0.39, 0.29) is 58.3 Å². The molecule has 0 aromatic heterocycles. The van der Waals surface area contributed by atoms with Crippen LogP contribution in [0, 0.1) is 0 Å². The second kappa shape index (κ2) is 16.1. The van der Waals surface area contributed by atoms with Crippen LogP contribution in [-0.4, -0.2) is 93.6 Å². The molecular weight excluding hydrogens is 604 g/mol. The molecule has 0 aliphatic rings. The van der Waals surface area contributed by atoms with Gasteiger partial charge in [0.05, 0.1) is 37.3 Å². The van der Waals surface area contributed by atoms with Crippen LogP contribution in [0.5, 0.6) is 23.0 Å². The van der Waals surface area contributed by atoms with E-state index < -0.39 is 11.9 Å². The highest BCUT2D eigenvalue weighted by atomic mass is 16.4. The Hall–Kier alpha value is -6.30. The molecule has 4 rings (SSSR count). The van der Waals surface area contributed by atoms with Crippen molar-refractivity contribution in [2.45, 2.75) is 6.42 Å². The minimum absolute atomic E-state index is 0.0408. The minimum atomic E-state index is -1.10. The van der Waals surface area contributed by atoms with Crippen molar-refractivity contribution in [1.82, 2.24) is 0 Å². The molecule has 0 amide bonds. The maximum Gasteiger partial charge on any atom is 0.335 e. The molecule has 0 saturated carbocycles. The van der Waals surface area contributed by atoms with Gasteiger partial charge in [-0.3, -0.25) is 20.0 Å². The number of hydrogen-bond donors (Lipinski definition) is 6. The van der Waals surface area contributed by atoms with Crippen LogP contribution in [0.15, 0.2) is 92.8 Å². The van der Waals surface area contributed by atoms with E-state index >= 15 is 0 Å². The van der Waals surface area contributed by atoms with Gasteiger partial charge in [-0.2, -0.15) is 0 Å². The number of aromatic hydroxyl groups is 4. The van der Waals surface area contributed by atoms with Gasteiger partial charge in [0.25, 0.3) is 0 Å². The zero-order valence-corrected chi connectivity index (χ0v) is 25.1. The first-order chi connectivity index (χ1) is 22.6. The molecule has 0 atom stereocenters. The van der Waals surface area contributed by atoms with Crippen molar-refractivity contribution in [2.75, 3.05) is 26.2 Å². The number of phenols is 4. The van der Waals surface area contributed by atoms with Crippen LogP contribution in [-0.2, 0) is 6.42 Å². The van der Waals surface area contributed by atoms with E-state index in [1.807, 2.05) is 0 Å². The molecule has 0 fully saturated rings. The smallest absolute Gasteiger partial charge is 0.335 e. The van der Waals surface area contributed by atoms with Gasteiger partial charge in [0.2, 0.25) is 0 Å². The number of carbonyl (C=O) groups is 2. The SMILES string of the molecule is O=C(O)c1ccc(O)c(C=NCCN=Cc2cc(Cc3ccc(O)c(C=NCCN=Cc4cc(C(=O)O)ccc4O)c3)ccc2O)c1. The van der Waals surface area contributed by atoms with Gasteiger partial charge in [0, 0.05) is 47.1 Å². The molecule has 4 aromatic carbocycles. The lowest BCUT2D eigenvalue weighted by molar-refractivity contribution is 0.0686. The van der Waals surface area contributed by atoms with Crippen molar-refractivity contribution in [3.05, 3.63) is 117 Å². The largest absolute Gasteiger partial charge is 0.507 e. The first kappa shape index (κ1) is 33.6. The Bertz CT molecular complexity index is 1750. The molecule has 12 nitrogen and oxygen atoms in total. The Labute approximate surface area is 269 Å². The van der Waals surface area contributed by atoms with E-state index in [0.717, 1.165) is 11.1 Å². The first-order valence-corrected chi connectivity index (χ1v) is 14.4. The Kier molecular flexibility index (Phi) is 11.5. The first-order valence-electron chi connectivity index (χ1n) is 14.4. The van der Waals surface area contributed by atoms with E-state index in [0.29, 0.717) is 30.6 Å². The van der Waals surface area contributed by atoms with Crippen molar-refractivity contribution < 1.29 is 40.2 Å². The van der Waals surface area contributed by atoms with Gasteiger partial charge in [0.15, 0.2) is 0 Å². The van der Waals surface area contributed by atoms with Crippen molar-refractivity contribution in [1.29, 1.82) is 0 Å². The van der Waals surface area contributed by atoms with Crippen LogP contribution in [0.1, 0.15) is 54.1 Å². The average Bonchev–Trinajstić information content (AvgIpc) is 3.04. The van der Waals surface area contributed by atoms with Gasteiger partial charge in [-0.05, 0) is 78.2 Å². The second-order valence-electron chi connectivity index (χ2n) is 10.3. The zero-order chi connectivity index (χ0) is 33.8. The topological polar surface area (TPSA) is 205 Å². The third kappa shape index (κ3) is 9.85. The second-order valence-corrected chi connectivity index (χ2v) is 10.3. The number of phenolic OH excluding ortho intramolecular Hbond substituents is 4. The Morgan fingerprint density at radius 1 is 0.468 bits per heavy atom. The van der Waals surface area contributed by atoms with E-state index in [4.69, 9.17) is 10.2 Å². The number of aromatic carboxylic acids is 2. The number of carboxylic acid groups (broad SMARTS) is 2. The van der Waals surface area contributed by atoms with Gasteiger partial charge >= 0.3 is 11.9 Å². The number of rotatable bonds is 14. The van der Waals surface area contributed by atoms with Crippen molar-refractivity contribution >= 4 is 36.8 Å². The highest BCUT2D eigenvalue weighted by Gasteiger charge is 2.08. The third-order valence-electron chi connectivity index (χ3n) is 6.78. The summed E-state index contributed by atoms with van der Waals surface area (Å²) in [4.78, 5) is 39.2. The molecule has 4 aromatic rings. The summed E-state index contributed by atoms with van der Waals surface area (Å²) in [5, 5.41) is 58.6. The molecule has 0 saturated heterocycles. The fourth-order valence-electron chi connectivity index (χ4n) is 4.33. The molecule has 0 aliphatic heterocycles. The number of carboxylic acids is 2. The van der Waals surface area contributed by atoms with Crippen LogP contribution in [0.2, 0.25) is 0 Å². The molecule has 240 valence electrons. The standard InChI is InChI=1S/C35H32N4O8/c40-30-5-1-22(14-26(30)18-36-9-11-38-20-28-16-24(34(44)45)3-7-32(28)42)13-23-2-6-31(41)27(15-23)19-37-10-12-39-21-29-17-25(35(46)47)4-8-33(29)43/h1-8,14-21,40-43H,9-13H2,(H,44,45)(H,46,47). The van der Waals surface area contributed by atoms with Crippen LogP contribution < -0.4 is 0 Å². The highest BCUT2D eigenvalue weighted by molar-refractivity contribution is 5.93. The molecule has 0 radical (unpaired) electrons. The molecule has 0 heterocycles. The van der Waals surface area contributed by atoms with Gasteiger partial charge < -0.3 is 30.6 Å². The number of nitrogens with zero attached hydrogens (tertiary/aromatic N) is 4. The number of benzene rings is 4. The lowest BCUT2D eigenvalue weighted by Crippen LogP contribution is -1.98. The van der Waals surface area contributed by atoms with Crippen LogP contribution in [0.4, 0.5) is 0 Å². The summed E-state index contributed by atoms with van der Waals surface area (Å²) in [5.41, 5.74) is 3.49. The summed E-state index contributed by atoms with van der Waals surface area (Å²) in [5.74, 6) is -2.25. The maximum absolute atomic E-state index is 11.1. The van der Waals surface area contributed by atoms with Gasteiger partial charge in [-0.15, -0.1) is 0 Å². The molecule has 0 bridgehead atoms. The summed E-state index contributed by atoms with van der Waals surface area (Å²) < 4.78 is 0. The normalized spacial score (nSPS) is 11.7. The van der Waals surface area contributed by atoms with Gasteiger partial charge in [0.1, 0.15) is 23.0 Å². The monoisotopic (exact) mass is 636 g/mol. The van der Waals surface area contributed by atoms with Crippen molar-refractivity contribution in [2.24, 2.45) is 20.0 Å². The highest BCUT2D eigenvalue weighted by Crippen LogP contribution is 2.22. The molecule has 0 spiro atoms. The summed E-state index contributed by atoms with van der Waals surface area (Å²) >= 11 is 0. The Morgan fingerprint density at radius 3 is 1.09 bits per heavy atom. The number of aliphatic imine (C=N–C) groups is 4. The fraction of sp³-hybridized carbons (Fsp3) is 0.143. The van der Waals surface area contributed by atoms with Crippen LogP contribution >= 0.6 is 0 Å². The fourth-order valence-corrected chi connectivity index (χ4v) is 4.33. The summed E-state index contributed by atoms with van der Waals surface area (Å²) in [6.45, 7) is 1.15. The van der Waals surface area contributed by atoms with Crippen molar-refractivity contribution in [3.63, 3.8) is 0 Å². The molecule has 12 heteroatoms. The third-order valence-corrected chi connectivity index (χ3v) is 6.78. The summed E-state index contributed by atoms with van der Waals surface area (Å²) in [6.07, 6.45) is 6.36. The van der Waals surface area contributed by atoms with E-state index in [1.165, 1.54) is 48.8 Å².